The molecule has 0 aromatic rings. The van der Waals surface area contributed by atoms with Gasteiger partial charge in [-0.25, -0.2) is 0 Å². The van der Waals surface area contributed by atoms with E-state index in [0.717, 1.165) is 12.8 Å². The van der Waals surface area contributed by atoms with Crippen molar-refractivity contribution in [2.75, 3.05) is 27.2 Å². The molecule has 1 amide bonds. The van der Waals surface area contributed by atoms with E-state index in [1.54, 1.807) is 6.92 Å². The molecule has 0 aromatic carbocycles. The maximum atomic E-state index is 11.5. The monoisotopic (exact) mass is 240 g/mol. The Hall–Kier alpha value is -1.05. The summed E-state index contributed by atoms with van der Waals surface area (Å²) < 4.78 is 0. The maximum Gasteiger partial charge on any atom is 0.220 e. The van der Waals surface area contributed by atoms with E-state index < -0.39 is 5.60 Å². The number of amides is 1. The zero-order chi connectivity index (χ0) is 13.3. The highest BCUT2D eigenvalue weighted by atomic mass is 16.3. The zero-order valence-electron chi connectivity index (χ0n) is 11.1. The third-order valence-electron chi connectivity index (χ3n) is 2.30. The molecule has 0 aliphatic heterocycles. The smallest absolute Gasteiger partial charge is 0.220 e. The predicted molar refractivity (Wildman–Crippen MR) is 69.5 cm³/mol. The average molecular weight is 240 g/mol. The molecule has 0 saturated heterocycles. The number of hydrogen-bond acceptors (Lipinski definition) is 3. The van der Waals surface area contributed by atoms with Gasteiger partial charge in [0.05, 0.1) is 5.60 Å². The minimum atomic E-state index is -0.891. The molecule has 0 fully saturated rings. The lowest BCUT2D eigenvalue weighted by Gasteiger charge is -2.27. The van der Waals surface area contributed by atoms with E-state index >= 15 is 0 Å². The number of hydrogen-bond donors (Lipinski definition) is 2. The Bertz CT molecular complexity index is 267. The zero-order valence-corrected chi connectivity index (χ0v) is 11.1. The van der Waals surface area contributed by atoms with E-state index in [4.69, 9.17) is 6.42 Å². The molecule has 0 bridgehead atoms. The fraction of sp³-hybridized carbons (Fsp3) is 0.769. The molecule has 0 rings (SSSR count). The second-order valence-corrected chi connectivity index (χ2v) is 4.92. The third kappa shape index (κ3) is 9.86. The van der Waals surface area contributed by atoms with Crippen molar-refractivity contribution in [1.29, 1.82) is 0 Å². The van der Waals surface area contributed by atoms with Crippen molar-refractivity contribution in [2.45, 2.75) is 38.2 Å². The van der Waals surface area contributed by atoms with Gasteiger partial charge in [0.2, 0.25) is 5.91 Å². The molecule has 0 saturated carbocycles. The van der Waals surface area contributed by atoms with Crippen molar-refractivity contribution in [3.8, 4) is 12.3 Å². The minimum Gasteiger partial charge on any atom is -0.387 e. The molecular weight excluding hydrogens is 216 g/mol. The van der Waals surface area contributed by atoms with Gasteiger partial charge in [-0.05, 0) is 33.9 Å². The van der Waals surface area contributed by atoms with Crippen LogP contribution >= 0.6 is 0 Å². The number of aliphatic hydroxyl groups is 1. The number of terminal acetylenes is 1. The predicted octanol–water partition coefficient (Wildman–Crippen LogP) is 0.609. The van der Waals surface area contributed by atoms with Crippen molar-refractivity contribution in [1.82, 2.24) is 10.2 Å². The summed E-state index contributed by atoms with van der Waals surface area (Å²) in [6, 6.07) is 0. The number of nitrogens with zero attached hydrogens (tertiary/aromatic N) is 1. The number of rotatable bonds is 8. The summed E-state index contributed by atoms with van der Waals surface area (Å²) in [5.41, 5.74) is -0.891. The van der Waals surface area contributed by atoms with Crippen LogP contribution in [0.3, 0.4) is 0 Å². The Balaban J connectivity index is 3.72. The van der Waals surface area contributed by atoms with Gasteiger partial charge in [-0.15, -0.1) is 12.3 Å². The van der Waals surface area contributed by atoms with Gasteiger partial charge in [-0.2, -0.15) is 0 Å². The molecule has 0 aliphatic carbocycles. The normalized spacial score (nSPS) is 14.1. The van der Waals surface area contributed by atoms with E-state index in [0.29, 0.717) is 19.4 Å². The van der Waals surface area contributed by atoms with Crippen LogP contribution in [-0.4, -0.2) is 48.7 Å². The van der Waals surface area contributed by atoms with Crippen LogP contribution in [0.2, 0.25) is 0 Å². The fourth-order valence-corrected chi connectivity index (χ4v) is 1.63. The second-order valence-electron chi connectivity index (χ2n) is 4.92. The molecule has 0 aliphatic rings. The molecule has 0 heterocycles. The molecule has 0 spiro atoms. The average Bonchev–Trinajstić information content (AvgIpc) is 2.20. The van der Waals surface area contributed by atoms with E-state index in [1.165, 1.54) is 0 Å². The van der Waals surface area contributed by atoms with Crippen molar-refractivity contribution >= 4 is 5.91 Å². The Morgan fingerprint density at radius 2 is 2.12 bits per heavy atom. The van der Waals surface area contributed by atoms with Gasteiger partial charge < -0.3 is 15.3 Å². The standard InChI is InChI=1S/C13H24N2O2/c1-5-6-7-8-9-12(16)14-10-13(2,17)11-15(3)4/h1,17H,6-11H2,2-4H3,(H,14,16). The first-order valence-electron chi connectivity index (χ1n) is 5.94. The molecule has 0 radical (unpaired) electrons. The van der Waals surface area contributed by atoms with Crippen molar-refractivity contribution < 1.29 is 9.90 Å². The lowest BCUT2D eigenvalue weighted by Crippen LogP contribution is -2.47. The van der Waals surface area contributed by atoms with E-state index in [2.05, 4.69) is 11.2 Å². The Kier molecular flexibility index (Phi) is 7.60. The first-order chi connectivity index (χ1) is 7.87. The molecule has 17 heavy (non-hydrogen) atoms. The van der Waals surface area contributed by atoms with Crippen LogP contribution in [0.5, 0.6) is 0 Å². The Morgan fingerprint density at radius 3 is 2.65 bits per heavy atom. The van der Waals surface area contributed by atoms with Gasteiger partial charge in [0.1, 0.15) is 0 Å². The maximum absolute atomic E-state index is 11.5. The van der Waals surface area contributed by atoms with Crippen LogP contribution in [0.1, 0.15) is 32.6 Å². The minimum absolute atomic E-state index is 0.0268. The quantitative estimate of drug-likeness (QED) is 0.483. The van der Waals surface area contributed by atoms with Crippen molar-refractivity contribution in [3.05, 3.63) is 0 Å². The summed E-state index contributed by atoms with van der Waals surface area (Å²) in [5.74, 6) is 2.52. The first-order valence-corrected chi connectivity index (χ1v) is 5.94. The van der Waals surface area contributed by atoms with Crippen LogP contribution in [0.15, 0.2) is 0 Å². The highest BCUT2D eigenvalue weighted by molar-refractivity contribution is 5.75. The van der Waals surface area contributed by atoms with Crippen LogP contribution < -0.4 is 5.32 Å². The van der Waals surface area contributed by atoms with Gasteiger partial charge in [0.25, 0.3) is 0 Å². The van der Waals surface area contributed by atoms with Crippen LogP contribution in [0, 0.1) is 12.3 Å². The molecule has 0 aromatic heterocycles. The fourth-order valence-electron chi connectivity index (χ4n) is 1.63. The number of carbonyl (C=O) groups excluding carboxylic acids is 1. The molecule has 98 valence electrons. The van der Waals surface area contributed by atoms with E-state index in [1.807, 2.05) is 19.0 Å². The number of likely N-dealkylation sites (N-methyl/N-ethyl adjacent to an activating group) is 1. The van der Waals surface area contributed by atoms with E-state index in [-0.39, 0.29) is 12.5 Å². The number of unbranched alkanes of at least 4 members (excludes halogenated alkanes) is 2. The molecule has 4 nitrogen and oxygen atoms in total. The summed E-state index contributed by atoms with van der Waals surface area (Å²) in [6.45, 7) is 2.51. The van der Waals surface area contributed by atoms with Gasteiger partial charge in [0.15, 0.2) is 0 Å². The van der Waals surface area contributed by atoms with Crippen LogP contribution in [-0.2, 0) is 4.79 Å². The van der Waals surface area contributed by atoms with Gasteiger partial charge >= 0.3 is 0 Å². The molecule has 1 atom stereocenters. The Labute approximate surface area is 104 Å². The largest absolute Gasteiger partial charge is 0.387 e. The third-order valence-corrected chi connectivity index (χ3v) is 2.30. The van der Waals surface area contributed by atoms with Crippen molar-refractivity contribution in [2.24, 2.45) is 0 Å². The van der Waals surface area contributed by atoms with E-state index in [9.17, 15) is 9.90 Å². The van der Waals surface area contributed by atoms with Crippen LogP contribution in [0.4, 0.5) is 0 Å². The van der Waals surface area contributed by atoms with Crippen molar-refractivity contribution in [3.63, 3.8) is 0 Å². The van der Waals surface area contributed by atoms with Crippen LogP contribution in [0.25, 0.3) is 0 Å². The number of nitrogens with one attached hydrogen (secondary N) is 1. The van der Waals surface area contributed by atoms with Gasteiger partial charge in [-0.1, -0.05) is 0 Å². The SMILES string of the molecule is C#CCCCCC(=O)NCC(C)(O)CN(C)C. The summed E-state index contributed by atoms with van der Waals surface area (Å²) in [6.07, 6.45) is 7.98. The highest BCUT2D eigenvalue weighted by Crippen LogP contribution is 2.03. The second kappa shape index (κ2) is 8.10. The van der Waals surface area contributed by atoms with Gasteiger partial charge in [0, 0.05) is 25.9 Å². The lowest BCUT2D eigenvalue weighted by molar-refractivity contribution is -0.122. The van der Waals surface area contributed by atoms with Gasteiger partial charge in [-0.3, -0.25) is 4.79 Å². The molecule has 2 N–H and O–H groups in total. The summed E-state index contributed by atoms with van der Waals surface area (Å²) in [7, 11) is 3.77. The molecule has 4 heteroatoms. The molecular formula is C13H24N2O2. The highest BCUT2D eigenvalue weighted by Gasteiger charge is 2.21. The summed E-state index contributed by atoms with van der Waals surface area (Å²) in [5, 5.41) is 12.7. The first kappa shape index (κ1) is 16.0. The summed E-state index contributed by atoms with van der Waals surface area (Å²) >= 11 is 0. The topological polar surface area (TPSA) is 52.6 Å². The summed E-state index contributed by atoms with van der Waals surface area (Å²) in [4.78, 5) is 13.3. The Morgan fingerprint density at radius 1 is 1.47 bits per heavy atom. The molecule has 1 unspecified atom stereocenters. The lowest BCUT2D eigenvalue weighted by atomic mass is 10.1. The number of carbonyl (C=O) groups is 1.